The number of aromatic amines is 1. The van der Waals surface area contributed by atoms with E-state index in [9.17, 15) is 19.7 Å². The number of hydrogen-bond acceptors (Lipinski definition) is 4. The molecule has 0 unspecified atom stereocenters. The molecule has 7 nitrogen and oxygen atoms in total. The van der Waals surface area contributed by atoms with Crippen LogP contribution in [0, 0.1) is 16.0 Å². The second kappa shape index (κ2) is 3.76. The fourth-order valence-corrected chi connectivity index (χ4v) is 1.44. The first kappa shape index (κ1) is 10.3. The molecular weight excluding hydrogens is 214 g/mol. The van der Waals surface area contributed by atoms with Crippen molar-refractivity contribution in [1.82, 2.24) is 4.98 Å². The lowest BCUT2D eigenvalue weighted by Gasteiger charge is -2.01. The van der Waals surface area contributed by atoms with Gasteiger partial charge >= 0.3 is 0 Å². The molecule has 2 N–H and O–H groups in total. The fraction of sp³-hybridized carbons (Fsp3) is 0.333. The number of aromatic nitrogens is 1. The summed E-state index contributed by atoms with van der Waals surface area (Å²) in [6.45, 7) is 0. The van der Waals surface area contributed by atoms with Gasteiger partial charge in [-0.2, -0.15) is 0 Å². The maximum Gasteiger partial charge on any atom is 0.234 e. The van der Waals surface area contributed by atoms with Crippen molar-refractivity contribution in [3.05, 3.63) is 38.8 Å². The van der Waals surface area contributed by atoms with Crippen molar-refractivity contribution in [2.45, 2.75) is 12.5 Å². The Morgan fingerprint density at radius 2 is 2.38 bits per heavy atom. The molecule has 1 aliphatic carbocycles. The summed E-state index contributed by atoms with van der Waals surface area (Å²) in [5.74, 6) is -1.09. The Kier molecular flexibility index (Phi) is 2.43. The lowest BCUT2D eigenvalue weighted by molar-refractivity contribution is -0.497. The molecule has 1 aromatic rings. The van der Waals surface area contributed by atoms with Gasteiger partial charge in [0.2, 0.25) is 17.4 Å². The second-order valence-electron chi connectivity index (χ2n) is 3.61. The van der Waals surface area contributed by atoms with Gasteiger partial charge in [0.25, 0.3) is 0 Å². The third-order valence-electron chi connectivity index (χ3n) is 2.45. The average molecular weight is 223 g/mol. The van der Waals surface area contributed by atoms with Crippen molar-refractivity contribution in [2.75, 3.05) is 5.32 Å². The summed E-state index contributed by atoms with van der Waals surface area (Å²) in [5, 5.41) is 12.7. The number of carbonyl (C=O) groups excluding carboxylic acids is 1. The van der Waals surface area contributed by atoms with Gasteiger partial charge in [-0.15, -0.1) is 0 Å². The molecule has 0 radical (unpaired) electrons. The number of anilines is 1. The van der Waals surface area contributed by atoms with Gasteiger partial charge in [0.1, 0.15) is 11.6 Å². The summed E-state index contributed by atoms with van der Waals surface area (Å²) < 4.78 is 0. The molecule has 1 saturated carbocycles. The van der Waals surface area contributed by atoms with E-state index in [1.807, 2.05) is 0 Å². The molecule has 0 aromatic carbocycles. The Balaban J connectivity index is 2.02. The Hall–Kier alpha value is -2.18. The van der Waals surface area contributed by atoms with Gasteiger partial charge in [-0.25, -0.2) is 0 Å². The lowest BCUT2D eigenvalue weighted by Crippen LogP contribution is -2.22. The highest BCUT2D eigenvalue weighted by Gasteiger charge is 2.53. The second-order valence-corrected chi connectivity index (χ2v) is 3.61. The van der Waals surface area contributed by atoms with Crippen LogP contribution in [0.5, 0.6) is 0 Å². The van der Waals surface area contributed by atoms with Crippen molar-refractivity contribution in [1.29, 1.82) is 0 Å². The highest BCUT2D eigenvalue weighted by molar-refractivity contribution is 5.94. The monoisotopic (exact) mass is 223 g/mol. The number of hydrogen-bond donors (Lipinski definition) is 2. The van der Waals surface area contributed by atoms with Gasteiger partial charge in [-0.3, -0.25) is 19.7 Å². The zero-order chi connectivity index (χ0) is 11.7. The topological polar surface area (TPSA) is 105 Å². The molecule has 1 aromatic heterocycles. The molecule has 7 heteroatoms. The van der Waals surface area contributed by atoms with E-state index in [1.54, 1.807) is 0 Å². The number of carbonyl (C=O) groups is 1. The molecule has 0 aliphatic heterocycles. The van der Waals surface area contributed by atoms with Crippen LogP contribution in [-0.2, 0) is 4.79 Å². The predicted octanol–water partition coefficient (Wildman–Crippen LogP) is -0.0214. The summed E-state index contributed by atoms with van der Waals surface area (Å²) >= 11 is 0. The first-order valence-electron chi connectivity index (χ1n) is 4.71. The van der Waals surface area contributed by atoms with E-state index in [1.165, 1.54) is 18.5 Å². The van der Waals surface area contributed by atoms with Gasteiger partial charge in [0, 0.05) is 29.8 Å². The smallest absolute Gasteiger partial charge is 0.234 e. The van der Waals surface area contributed by atoms with Crippen LogP contribution in [0.15, 0.2) is 23.3 Å². The number of rotatable bonds is 3. The third kappa shape index (κ3) is 1.92. The molecule has 2 atom stereocenters. The third-order valence-corrected chi connectivity index (χ3v) is 2.45. The van der Waals surface area contributed by atoms with E-state index in [0.29, 0.717) is 0 Å². The highest BCUT2D eigenvalue weighted by atomic mass is 16.6. The van der Waals surface area contributed by atoms with E-state index >= 15 is 0 Å². The van der Waals surface area contributed by atoms with E-state index in [0.717, 1.165) is 0 Å². The van der Waals surface area contributed by atoms with Crippen LogP contribution < -0.4 is 10.7 Å². The van der Waals surface area contributed by atoms with Gasteiger partial charge in [0.05, 0.1) is 0 Å². The molecule has 1 fully saturated rings. The Morgan fingerprint density at radius 3 is 2.94 bits per heavy atom. The van der Waals surface area contributed by atoms with Gasteiger partial charge < -0.3 is 10.3 Å². The number of nitro groups is 1. The van der Waals surface area contributed by atoms with Crippen molar-refractivity contribution in [3.63, 3.8) is 0 Å². The van der Waals surface area contributed by atoms with Gasteiger partial charge in [0.15, 0.2) is 0 Å². The van der Waals surface area contributed by atoms with Crippen LogP contribution in [0.2, 0.25) is 0 Å². The Morgan fingerprint density at radius 1 is 1.62 bits per heavy atom. The molecule has 0 bridgehead atoms. The largest absolute Gasteiger partial charge is 0.366 e. The molecule has 84 valence electrons. The summed E-state index contributed by atoms with van der Waals surface area (Å²) in [6, 6.07) is 0.468. The van der Waals surface area contributed by atoms with Crippen molar-refractivity contribution < 1.29 is 9.72 Å². The molecular formula is C9H9N3O4. The number of amides is 1. The lowest BCUT2D eigenvalue weighted by atomic mass is 10.3. The van der Waals surface area contributed by atoms with E-state index in [4.69, 9.17) is 0 Å². The summed E-state index contributed by atoms with van der Waals surface area (Å²) in [6.07, 6.45) is 3.03. The average Bonchev–Trinajstić information content (AvgIpc) is 3.01. The molecule has 0 saturated heterocycles. The minimum atomic E-state index is -0.803. The van der Waals surface area contributed by atoms with Crippen LogP contribution in [0.4, 0.5) is 5.69 Å². The van der Waals surface area contributed by atoms with Crippen molar-refractivity contribution in [2.24, 2.45) is 5.92 Å². The minimum Gasteiger partial charge on any atom is -0.366 e. The molecule has 16 heavy (non-hydrogen) atoms. The molecule has 1 heterocycles. The molecule has 1 aliphatic rings. The van der Waals surface area contributed by atoms with Crippen molar-refractivity contribution >= 4 is 11.6 Å². The minimum absolute atomic E-state index is 0.112. The zero-order valence-corrected chi connectivity index (χ0v) is 8.17. The summed E-state index contributed by atoms with van der Waals surface area (Å²) in [5.41, 5.74) is -0.216. The number of nitrogens with one attached hydrogen (secondary N) is 2. The normalized spacial score (nSPS) is 22.5. The molecule has 2 rings (SSSR count). The van der Waals surface area contributed by atoms with E-state index < -0.39 is 22.8 Å². The number of pyridine rings is 1. The van der Waals surface area contributed by atoms with Crippen LogP contribution in [-0.4, -0.2) is 21.9 Å². The van der Waals surface area contributed by atoms with Crippen LogP contribution in [0.1, 0.15) is 6.42 Å². The van der Waals surface area contributed by atoms with Crippen LogP contribution in [0.25, 0.3) is 0 Å². The molecule has 0 spiro atoms. The SMILES string of the molecule is O=C(Nc1c[nH]ccc1=O)[C@@H]1C[C@@H]1[N+](=O)[O-]. The van der Waals surface area contributed by atoms with E-state index in [-0.39, 0.29) is 17.5 Å². The zero-order valence-electron chi connectivity index (χ0n) is 8.17. The Bertz CT molecular complexity index is 496. The quantitative estimate of drug-likeness (QED) is 0.554. The maximum absolute atomic E-state index is 11.5. The highest BCUT2D eigenvalue weighted by Crippen LogP contribution is 2.33. The van der Waals surface area contributed by atoms with Crippen molar-refractivity contribution in [3.8, 4) is 0 Å². The first-order valence-corrected chi connectivity index (χ1v) is 4.71. The number of nitrogens with zero attached hydrogens (tertiary/aromatic N) is 1. The van der Waals surface area contributed by atoms with Crippen LogP contribution >= 0.6 is 0 Å². The van der Waals surface area contributed by atoms with Gasteiger partial charge in [-0.1, -0.05) is 0 Å². The molecule has 1 amide bonds. The maximum atomic E-state index is 11.5. The standard InChI is InChI=1S/C9H9N3O4/c13-8-1-2-10-4-6(8)11-9(14)5-3-7(5)12(15)16/h1-2,4-5,7H,3H2,(H,10,13)(H,11,14)/t5-,7+/m1/s1. The first-order chi connectivity index (χ1) is 7.59. The predicted molar refractivity (Wildman–Crippen MR) is 54.6 cm³/mol. The summed E-state index contributed by atoms with van der Waals surface area (Å²) in [4.78, 5) is 35.3. The van der Waals surface area contributed by atoms with Gasteiger partial charge in [-0.05, 0) is 0 Å². The summed E-state index contributed by atoms with van der Waals surface area (Å²) in [7, 11) is 0. The van der Waals surface area contributed by atoms with E-state index in [2.05, 4.69) is 10.3 Å². The Labute approximate surface area is 89.6 Å². The van der Waals surface area contributed by atoms with Crippen LogP contribution in [0.3, 0.4) is 0 Å². The fourth-order valence-electron chi connectivity index (χ4n) is 1.44. The number of H-pyrrole nitrogens is 1.